The minimum absolute atomic E-state index is 0.117. The van der Waals surface area contributed by atoms with Crippen LogP contribution in [0.15, 0.2) is 10.7 Å². The fourth-order valence-corrected chi connectivity index (χ4v) is 1.88. The summed E-state index contributed by atoms with van der Waals surface area (Å²) in [5.41, 5.74) is 3.17. The van der Waals surface area contributed by atoms with Crippen LogP contribution in [0.3, 0.4) is 0 Å². The van der Waals surface area contributed by atoms with Crippen LogP contribution in [-0.2, 0) is 11.3 Å². The number of nitrogens with zero attached hydrogens (tertiary/aromatic N) is 4. The highest BCUT2D eigenvalue weighted by molar-refractivity contribution is 5.79. The number of nitrogens with one attached hydrogen (secondary N) is 1. The number of hydrogen-bond acceptors (Lipinski definition) is 5. The predicted octanol–water partition coefficient (Wildman–Crippen LogP) is 1.07. The van der Waals surface area contributed by atoms with Gasteiger partial charge in [-0.15, -0.1) is 0 Å². The van der Waals surface area contributed by atoms with Crippen molar-refractivity contribution in [3.63, 3.8) is 0 Å². The van der Waals surface area contributed by atoms with E-state index in [4.69, 9.17) is 0 Å². The molecule has 0 aliphatic carbocycles. The smallest absolute Gasteiger partial charge is 0.244 e. The van der Waals surface area contributed by atoms with Gasteiger partial charge in [-0.1, -0.05) is 10.3 Å². The Labute approximate surface area is 110 Å². The molecule has 2 heterocycles. The fraction of sp³-hybridized carbons (Fsp3) is 0.500. The van der Waals surface area contributed by atoms with Crippen molar-refractivity contribution in [1.82, 2.24) is 25.4 Å². The average molecular weight is 263 g/mol. The molecule has 0 saturated carbocycles. The summed E-state index contributed by atoms with van der Waals surface area (Å²) in [5, 5.41) is 14.5. The summed E-state index contributed by atoms with van der Waals surface area (Å²) in [7, 11) is 0. The van der Waals surface area contributed by atoms with Crippen LogP contribution in [0, 0.1) is 20.8 Å². The van der Waals surface area contributed by atoms with Gasteiger partial charge in [0, 0.05) is 5.69 Å². The SMILES string of the molecule is Cc1cc(C)n([C@H](C)C(=O)NCc2nonc2C)n1. The van der Waals surface area contributed by atoms with Gasteiger partial charge in [-0.05, 0) is 33.8 Å². The van der Waals surface area contributed by atoms with Crippen LogP contribution >= 0.6 is 0 Å². The summed E-state index contributed by atoms with van der Waals surface area (Å²) in [6.07, 6.45) is 0. The van der Waals surface area contributed by atoms with Gasteiger partial charge in [0.1, 0.15) is 17.4 Å². The van der Waals surface area contributed by atoms with E-state index in [0.717, 1.165) is 11.4 Å². The van der Waals surface area contributed by atoms with Gasteiger partial charge in [-0.3, -0.25) is 9.48 Å². The molecule has 0 aliphatic rings. The van der Waals surface area contributed by atoms with Crippen molar-refractivity contribution in [2.75, 3.05) is 0 Å². The van der Waals surface area contributed by atoms with Gasteiger partial charge in [0.2, 0.25) is 5.91 Å². The maximum absolute atomic E-state index is 12.1. The Morgan fingerprint density at radius 2 is 2.16 bits per heavy atom. The molecule has 0 radical (unpaired) electrons. The van der Waals surface area contributed by atoms with Crippen LogP contribution in [0.5, 0.6) is 0 Å². The van der Waals surface area contributed by atoms with Gasteiger partial charge in [-0.2, -0.15) is 5.10 Å². The largest absolute Gasteiger partial charge is 0.348 e. The van der Waals surface area contributed by atoms with E-state index >= 15 is 0 Å². The summed E-state index contributed by atoms with van der Waals surface area (Å²) < 4.78 is 6.28. The molecule has 7 nitrogen and oxygen atoms in total. The van der Waals surface area contributed by atoms with Crippen molar-refractivity contribution in [1.29, 1.82) is 0 Å². The molecular weight excluding hydrogens is 246 g/mol. The van der Waals surface area contributed by atoms with Crippen LogP contribution in [0.1, 0.15) is 35.7 Å². The molecule has 2 aromatic heterocycles. The zero-order valence-corrected chi connectivity index (χ0v) is 11.5. The van der Waals surface area contributed by atoms with E-state index in [9.17, 15) is 4.79 Å². The normalized spacial score (nSPS) is 12.4. The standard InChI is InChI=1S/C12H17N5O2/c1-7-5-8(2)17(14-7)10(4)12(18)13-6-11-9(3)15-19-16-11/h5,10H,6H2,1-4H3,(H,13,18)/t10-/m1/s1. The van der Waals surface area contributed by atoms with Crippen LogP contribution in [0.2, 0.25) is 0 Å². The number of hydrogen-bond donors (Lipinski definition) is 1. The summed E-state index contributed by atoms with van der Waals surface area (Å²) in [6, 6.07) is 1.57. The maximum atomic E-state index is 12.1. The quantitative estimate of drug-likeness (QED) is 0.891. The Hall–Kier alpha value is -2.18. The third-order valence-electron chi connectivity index (χ3n) is 2.97. The molecule has 0 aromatic carbocycles. The number of amides is 1. The van der Waals surface area contributed by atoms with Crippen molar-refractivity contribution in [2.45, 2.75) is 40.3 Å². The van der Waals surface area contributed by atoms with Crippen LogP contribution < -0.4 is 5.32 Å². The van der Waals surface area contributed by atoms with Gasteiger partial charge in [0.05, 0.1) is 12.2 Å². The van der Waals surface area contributed by atoms with Gasteiger partial charge >= 0.3 is 0 Å². The third kappa shape index (κ3) is 2.81. The molecule has 0 saturated heterocycles. The van der Waals surface area contributed by atoms with Gasteiger partial charge in [-0.25, -0.2) is 4.63 Å². The number of carbonyl (C=O) groups is 1. The van der Waals surface area contributed by atoms with Gasteiger partial charge in [0.15, 0.2) is 0 Å². The Morgan fingerprint density at radius 3 is 2.68 bits per heavy atom. The Kier molecular flexibility index (Phi) is 3.64. The average Bonchev–Trinajstić information content (AvgIpc) is 2.91. The maximum Gasteiger partial charge on any atom is 0.244 e. The fourth-order valence-electron chi connectivity index (χ4n) is 1.88. The predicted molar refractivity (Wildman–Crippen MR) is 67.3 cm³/mol. The van der Waals surface area contributed by atoms with E-state index in [1.54, 1.807) is 11.6 Å². The molecule has 1 amide bonds. The topological polar surface area (TPSA) is 85.8 Å². The minimum atomic E-state index is -0.367. The van der Waals surface area contributed by atoms with Gasteiger partial charge < -0.3 is 5.32 Å². The lowest BCUT2D eigenvalue weighted by atomic mass is 10.3. The second-order valence-corrected chi connectivity index (χ2v) is 4.56. The lowest BCUT2D eigenvalue weighted by Gasteiger charge is -2.13. The number of aryl methyl sites for hydroxylation is 3. The lowest BCUT2D eigenvalue weighted by Crippen LogP contribution is -2.31. The Balaban J connectivity index is 2.00. The number of aromatic nitrogens is 4. The molecule has 0 bridgehead atoms. The van der Waals surface area contributed by atoms with E-state index in [1.807, 2.05) is 26.8 Å². The first-order chi connectivity index (χ1) is 8.99. The van der Waals surface area contributed by atoms with Crippen molar-refractivity contribution in [3.05, 3.63) is 28.8 Å². The zero-order chi connectivity index (χ0) is 14.0. The van der Waals surface area contributed by atoms with E-state index in [-0.39, 0.29) is 11.9 Å². The monoisotopic (exact) mass is 263 g/mol. The van der Waals surface area contributed by atoms with Gasteiger partial charge in [0.25, 0.3) is 0 Å². The first-order valence-corrected chi connectivity index (χ1v) is 6.07. The highest BCUT2D eigenvalue weighted by Gasteiger charge is 2.18. The Bertz CT molecular complexity index is 587. The lowest BCUT2D eigenvalue weighted by molar-refractivity contribution is -0.124. The summed E-state index contributed by atoms with van der Waals surface area (Å²) in [6.45, 7) is 7.72. The molecular formula is C12H17N5O2. The Morgan fingerprint density at radius 1 is 1.42 bits per heavy atom. The molecule has 19 heavy (non-hydrogen) atoms. The second-order valence-electron chi connectivity index (χ2n) is 4.56. The third-order valence-corrected chi connectivity index (χ3v) is 2.97. The molecule has 0 fully saturated rings. The molecule has 0 aliphatic heterocycles. The van der Waals surface area contributed by atoms with Crippen LogP contribution in [0.4, 0.5) is 0 Å². The molecule has 102 valence electrons. The first-order valence-electron chi connectivity index (χ1n) is 6.07. The molecule has 0 unspecified atom stereocenters. The summed E-state index contributed by atoms with van der Waals surface area (Å²) in [4.78, 5) is 12.1. The van der Waals surface area contributed by atoms with Crippen LogP contribution in [0.25, 0.3) is 0 Å². The van der Waals surface area contributed by atoms with Crippen molar-refractivity contribution >= 4 is 5.91 Å². The molecule has 1 atom stereocenters. The van der Waals surface area contributed by atoms with E-state index < -0.39 is 0 Å². The second kappa shape index (κ2) is 5.21. The van der Waals surface area contributed by atoms with Crippen molar-refractivity contribution < 1.29 is 9.42 Å². The molecule has 1 N–H and O–H groups in total. The van der Waals surface area contributed by atoms with E-state index in [1.165, 1.54) is 0 Å². The summed E-state index contributed by atoms with van der Waals surface area (Å²) >= 11 is 0. The molecule has 0 spiro atoms. The minimum Gasteiger partial charge on any atom is -0.348 e. The first kappa shape index (κ1) is 13.3. The molecule has 7 heteroatoms. The molecule has 2 rings (SSSR count). The van der Waals surface area contributed by atoms with E-state index in [0.29, 0.717) is 17.9 Å². The van der Waals surface area contributed by atoms with Crippen molar-refractivity contribution in [3.8, 4) is 0 Å². The number of rotatable bonds is 4. The summed E-state index contributed by atoms with van der Waals surface area (Å²) in [5.74, 6) is -0.117. The molecule has 2 aromatic rings. The van der Waals surface area contributed by atoms with E-state index in [2.05, 4.69) is 25.4 Å². The highest BCUT2D eigenvalue weighted by atomic mass is 16.6. The number of carbonyl (C=O) groups excluding carboxylic acids is 1. The highest BCUT2D eigenvalue weighted by Crippen LogP contribution is 2.11. The zero-order valence-electron chi connectivity index (χ0n) is 11.5. The van der Waals surface area contributed by atoms with Crippen molar-refractivity contribution in [2.24, 2.45) is 0 Å². The van der Waals surface area contributed by atoms with Crippen LogP contribution in [-0.4, -0.2) is 26.0 Å².